The maximum atomic E-state index is 10.7. The van der Waals surface area contributed by atoms with Crippen molar-refractivity contribution in [2.24, 2.45) is 11.7 Å². The van der Waals surface area contributed by atoms with E-state index in [1.807, 2.05) is 0 Å². The third-order valence-electron chi connectivity index (χ3n) is 4.13. The van der Waals surface area contributed by atoms with Crippen molar-refractivity contribution in [2.45, 2.75) is 64.7 Å². The zero-order valence-corrected chi connectivity index (χ0v) is 17.5. The monoisotopic (exact) mass is 385 g/mol. The molecular weight excluding hydrogens is 346 g/mol. The lowest BCUT2D eigenvalue weighted by molar-refractivity contribution is -0.138. The summed E-state index contributed by atoms with van der Waals surface area (Å²) in [4.78, 5) is 10.7. The highest BCUT2D eigenvalue weighted by Crippen LogP contribution is 2.10. The van der Waals surface area contributed by atoms with Gasteiger partial charge in [-0.25, -0.2) is 0 Å². The summed E-state index contributed by atoms with van der Waals surface area (Å²) >= 11 is 0. The summed E-state index contributed by atoms with van der Waals surface area (Å²) in [6, 6.07) is 0. The molecular formula is C25H39NO2. The average Bonchev–Trinajstić information content (AvgIpc) is 2.68. The van der Waals surface area contributed by atoms with E-state index in [1.54, 1.807) is 0 Å². The van der Waals surface area contributed by atoms with E-state index in [0.717, 1.165) is 51.4 Å². The number of carbonyl (C=O) groups is 1. The van der Waals surface area contributed by atoms with Crippen LogP contribution < -0.4 is 5.73 Å². The van der Waals surface area contributed by atoms with Crippen molar-refractivity contribution in [3.8, 4) is 0 Å². The second-order valence-electron chi connectivity index (χ2n) is 6.69. The summed E-state index contributed by atoms with van der Waals surface area (Å²) < 4.78 is 0. The van der Waals surface area contributed by atoms with Gasteiger partial charge >= 0.3 is 5.97 Å². The third-order valence-corrected chi connectivity index (χ3v) is 4.13. The number of hydrogen-bond acceptors (Lipinski definition) is 2. The van der Waals surface area contributed by atoms with Gasteiger partial charge in [0.05, 0.1) is 0 Å². The van der Waals surface area contributed by atoms with Crippen LogP contribution in [0.3, 0.4) is 0 Å². The molecule has 1 atom stereocenters. The highest BCUT2D eigenvalue weighted by Gasteiger charge is 2.09. The van der Waals surface area contributed by atoms with Crippen molar-refractivity contribution in [2.75, 3.05) is 6.54 Å². The summed E-state index contributed by atoms with van der Waals surface area (Å²) in [6.07, 6.45) is 34.1. The highest BCUT2D eigenvalue weighted by atomic mass is 16.4. The summed E-state index contributed by atoms with van der Waals surface area (Å²) in [7, 11) is 0. The molecule has 0 fully saturated rings. The van der Waals surface area contributed by atoms with Crippen LogP contribution in [0.5, 0.6) is 0 Å². The second-order valence-corrected chi connectivity index (χ2v) is 6.69. The molecule has 0 bridgehead atoms. The van der Waals surface area contributed by atoms with Crippen molar-refractivity contribution < 1.29 is 9.90 Å². The van der Waals surface area contributed by atoms with Gasteiger partial charge in [0, 0.05) is 6.42 Å². The van der Waals surface area contributed by atoms with E-state index in [0.29, 0.717) is 6.54 Å². The smallest absolute Gasteiger partial charge is 0.303 e. The van der Waals surface area contributed by atoms with E-state index in [9.17, 15) is 4.79 Å². The number of allylic oxidation sites excluding steroid dienone is 12. The molecule has 0 aromatic carbocycles. The van der Waals surface area contributed by atoms with E-state index in [1.165, 1.54) is 0 Å². The maximum absolute atomic E-state index is 10.7. The first-order valence-electron chi connectivity index (χ1n) is 10.5. The molecule has 0 aliphatic heterocycles. The van der Waals surface area contributed by atoms with Crippen molar-refractivity contribution in [1.29, 1.82) is 0 Å². The van der Waals surface area contributed by atoms with Gasteiger partial charge in [0.25, 0.3) is 0 Å². The first-order chi connectivity index (χ1) is 13.7. The van der Waals surface area contributed by atoms with Crippen molar-refractivity contribution in [3.63, 3.8) is 0 Å². The minimum atomic E-state index is -0.766. The summed E-state index contributed by atoms with van der Waals surface area (Å²) in [5, 5.41) is 8.78. The fourth-order valence-corrected chi connectivity index (χ4v) is 2.52. The van der Waals surface area contributed by atoms with Crippen LogP contribution in [0.4, 0.5) is 0 Å². The fraction of sp³-hybridized carbons (Fsp3) is 0.480. The molecule has 0 aliphatic carbocycles. The molecule has 0 radical (unpaired) electrons. The summed E-state index contributed by atoms with van der Waals surface area (Å²) in [5.41, 5.74) is 5.59. The van der Waals surface area contributed by atoms with Crippen LogP contribution in [0.25, 0.3) is 0 Å². The van der Waals surface area contributed by atoms with Crippen LogP contribution in [0.1, 0.15) is 64.7 Å². The molecule has 3 N–H and O–H groups in total. The first-order valence-corrected chi connectivity index (χ1v) is 10.5. The molecule has 0 aromatic heterocycles. The number of rotatable bonds is 17. The molecule has 0 heterocycles. The predicted molar refractivity (Wildman–Crippen MR) is 122 cm³/mol. The van der Waals surface area contributed by atoms with Gasteiger partial charge < -0.3 is 10.8 Å². The Labute approximate surface area is 172 Å². The SMILES string of the molecule is CC/C=C/C/C=C/C/C=C/C/C=C/C/C=C/C/C=C/CCC(CN)CC(=O)O. The van der Waals surface area contributed by atoms with E-state index in [-0.39, 0.29) is 12.3 Å². The van der Waals surface area contributed by atoms with Gasteiger partial charge in [-0.05, 0) is 63.8 Å². The second kappa shape index (κ2) is 21.2. The Morgan fingerprint density at radius 3 is 1.50 bits per heavy atom. The van der Waals surface area contributed by atoms with Crippen LogP contribution in [0.2, 0.25) is 0 Å². The van der Waals surface area contributed by atoms with Gasteiger partial charge in [-0.1, -0.05) is 79.8 Å². The fourth-order valence-electron chi connectivity index (χ4n) is 2.52. The molecule has 3 nitrogen and oxygen atoms in total. The van der Waals surface area contributed by atoms with Gasteiger partial charge in [0.2, 0.25) is 0 Å². The topological polar surface area (TPSA) is 63.3 Å². The lowest BCUT2D eigenvalue weighted by Gasteiger charge is -2.09. The molecule has 28 heavy (non-hydrogen) atoms. The molecule has 0 rings (SSSR count). The quantitative estimate of drug-likeness (QED) is 0.280. The van der Waals surface area contributed by atoms with Gasteiger partial charge in [0.15, 0.2) is 0 Å². The predicted octanol–water partition coefficient (Wildman–Crippen LogP) is 6.51. The van der Waals surface area contributed by atoms with Gasteiger partial charge in [-0.15, -0.1) is 0 Å². The van der Waals surface area contributed by atoms with Gasteiger partial charge in [-0.2, -0.15) is 0 Å². The standard InChI is InChI=1S/C25H39NO2/c1-2-3-4-5-6-7-8-9-10-11-12-13-14-15-16-17-18-19-20-21-24(23-26)22-25(27)28/h3-4,6-7,9-10,12-13,15-16,18-19,24H,2,5,8,11,14,17,20-23,26H2,1H3,(H,27,28)/b4-3+,7-6+,10-9+,13-12+,16-15+,19-18+. The molecule has 156 valence electrons. The minimum Gasteiger partial charge on any atom is -0.481 e. The van der Waals surface area contributed by atoms with Gasteiger partial charge in [-0.3, -0.25) is 4.79 Å². The Kier molecular flexibility index (Phi) is 19.6. The van der Waals surface area contributed by atoms with Crippen LogP contribution >= 0.6 is 0 Å². The van der Waals surface area contributed by atoms with Crippen LogP contribution in [0, 0.1) is 5.92 Å². The van der Waals surface area contributed by atoms with Crippen LogP contribution in [-0.4, -0.2) is 17.6 Å². The molecule has 0 amide bonds. The molecule has 0 aliphatic rings. The van der Waals surface area contributed by atoms with E-state index < -0.39 is 5.97 Å². The average molecular weight is 386 g/mol. The molecule has 0 spiro atoms. The lowest BCUT2D eigenvalue weighted by Crippen LogP contribution is -2.17. The minimum absolute atomic E-state index is 0.0795. The number of carboxylic acid groups (broad SMARTS) is 1. The summed E-state index contributed by atoms with van der Waals surface area (Å²) in [6.45, 7) is 2.59. The number of aliphatic carboxylic acids is 1. The van der Waals surface area contributed by atoms with Crippen molar-refractivity contribution in [3.05, 3.63) is 72.9 Å². The zero-order valence-electron chi connectivity index (χ0n) is 17.5. The van der Waals surface area contributed by atoms with E-state index >= 15 is 0 Å². The highest BCUT2D eigenvalue weighted by molar-refractivity contribution is 5.67. The number of carboxylic acids is 1. The molecule has 0 saturated carbocycles. The Morgan fingerprint density at radius 1 is 0.750 bits per heavy atom. The Morgan fingerprint density at radius 2 is 1.14 bits per heavy atom. The van der Waals surface area contributed by atoms with E-state index in [2.05, 4.69) is 79.8 Å². The third kappa shape index (κ3) is 20.2. The molecule has 0 aromatic rings. The van der Waals surface area contributed by atoms with Gasteiger partial charge in [0.1, 0.15) is 0 Å². The zero-order chi connectivity index (χ0) is 20.7. The van der Waals surface area contributed by atoms with Crippen molar-refractivity contribution >= 4 is 5.97 Å². The molecule has 3 heteroatoms. The Bertz CT molecular complexity index is 539. The molecule has 0 saturated heterocycles. The number of nitrogens with two attached hydrogens (primary N) is 1. The number of hydrogen-bond donors (Lipinski definition) is 2. The molecule has 1 unspecified atom stereocenters. The lowest BCUT2D eigenvalue weighted by atomic mass is 9.99. The van der Waals surface area contributed by atoms with Crippen LogP contribution in [0.15, 0.2) is 72.9 Å². The Balaban J connectivity index is 3.64. The first kappa shape index (κ1) is 25.9. The normalized spacial score (nSPS) is 14.1. The van der Waals surface area contributed by atoms with Crippen LogP contribution in [-0.2, 0) is 4.79 Å². The largest absolute Gasteiger partial charge is 0.481 e. The van der Waals surface area contributed by atoms with Crippen molar-refractivity contribution in [1.82, 2.24) is 0 Å². The maximum Gasteiger partial charge on any atom is 0.303 e. The summed E-state index contributed by atoms with van der Waals surface area (Å²) in [5.74, 6) is -0.686. The Hall–Kier alpha value is -2.13. The van der Waals surface area contributed by atoms with E-state index in [4.69, 9.17) is 10.8 Å².